The number of aryl methyl sites for hydroxylation is 1. The first kappa shape index (κ1) is 15.1. The largest absolute Gasteiger partial charge is 0.331 e. The molecule has 0 aromatic heterocycles. The molecule has 0 heterocycles. The van der Waals surface area contributed by atoms with Gasteiger partial charge in [0.25, 0.3) is 10.1 Å². The van der Waals surface area contributed by atoms with Gasteiger partial charge < -0.3 is 4.48 Å². The molecule has 0 unspecified atom stereocenters. The molecule has 0 bridgehead atoms. The number of hydrogen-bond acceptors (Lipinski definition) is 3. The lowest BCUT2D eigenvalue weighted by molar-refractivity contribution is -0.870. The molecule has 0 atom stereocenters. The lowest BCUT2D eigenvalue weighted by Gasteiger charge is -2.23. The first-order valence-electron chi connectivity index (χ1n) is 5.97. The van der Waals surface area contributed by atoms with Crippen molar-refractivity contribution < 1.29 is 17.1 Å². The van der Waals surface area contributed by atoms with Gasteiger partial charge in [-0.15, -0.1) is 0 Å². The Balaban J connectivity index is 2.53. The Morgan fingerprint density at radius 3 is 2.17 bits per heavy atom. The average Bonchev–Trinajstić information content (AvgIpc) is 2.24. The van der Waals surface area contributed by atoms with E-state index in [0.717, 1.165) is 16.6 Å². The van der Waals surface area contributed by atoms with Crippen molar-refractivity contribution in [3.63, 3.8) is 0 Å². The highest BCUT2D eigenvalue weighted by Gasteiger charge is 2.15. The van der Waals surface area contributed by atoms with Crippen LogP contribution in [0, 0.1) is 6.92 Å². The summed E-state index contributed by atoms with van der Waals surface area (Å²) in [4.78, 5) is 0.221. The third kappa shape index (κ3) is 5.16. The predicted octanol–water partition coefficient (Wildman–Crippen LogP) is 1.80. The molecule has 0 radical (unpaired) electrons. The fourth-order valence-corrected chi connectivity index (χ4v) is 2.42. The lowest BCUT2D eigenvalue weighted by Crippen LogP contribution is -2.35. The summed E-state index contributed by atoms with van der Waals surface area (Å²) >= 11 is 0. The summed E-state index contributed by atoms with van der Waals surface area (Å²) < 4.78 is 29.5. The Labute approximate surface area is 110 Å². The summed E-state index contributed by atoms with van der Waals surface area (Å²) in [6.45, 7) is 3.02. The Morgan fingerprint density at radius 2 is 1.67 bits per heavy atom. The maximum absolute atomic E-state index is 11.8. The van der Waals surface area contributed by atoms with Crippen LogP contribution < -0.4 is 0 Å². The fourth-order valence-electron chi connectivity index (χ4n) is 1.48. The Hall–Kier alpha value is -0.910. The number of rotatable bonds is 6. The third-order valence-corrected chi connectivity index (χ3v) is 3.85. The van der Waals surface area contributed by atoms with Gasteiger partial charge in [0.05, 0.1) is 39.2 Å². The Morgan fingerprint density at radius 1 is 1.11 bits per heavy atom. The molecule has 0 aliphatic heterocycles. The van der Waals surface area contributed by atoms with Gasteiger partial charge >= 0.3 is 0 Å². The standard InChI is InChI=1S/C13H22NO3S/c1-12-6-8-13(9-7-12)18(15,16)17-11-5-10-14(2,3)4/h6-9H,5,10-11H2,1-4H3/q+1. The molecule has 1 rings (SSSR count). The summed E-state index contributed by atoms with van der Waals surface area (Å²) in [5.74, 6) is 0. The minimum atomic E-state index is -3.60. The van der Waals surface area contributed by atoms with Crippen molar-refractivity contribution in [3.05, 3.63) is 29.8 Å². The third-order valence-electron chi connectivity index (χ3n) is 2.52. The highest BCUT2D eigenvalue weighted by Crippen LogP contribution is 2.13. The normalized spacial score (nSPS) is 12.7. The highest BCUT2D eigenvalue weighted by atomic mass is 32.2. The van der Waals surface area contributed by atoms with Gasteiger partial charge in [-0.25, -0.2) is 0 Å². The molecule has 4 nitrogen and oxygen atoms in total. The number of hydrogen-bond donors (Lipinski definition) is 0. The zero-order valence-corrected chi connectivity index (χ0v) is 12.3. The zero-order chi connectivity index (χ0) is 13.8. The van der Waals surface area contributed by atoms with Crippen LogP contribution >= 0.6 is 0 Å². The molecular weight excluding hydrogens is 250 g/mol. The molecule has 102 valence electrons. The van der Waals surface area contributed by atoms with Crippen LogP contribution in [0.25, 0.3) is 0 Å². The van der Waals surface area contributed by atoms with Crippen LogP contribution in [0.3, 0.4) is 0 Å². The maximum Gasteiger partial charge on any atom is 0.296 e. The van der Waals surface area contributed by atoms with Gasteiger partial charge in [0.15, 0.2) is 0 Å². The smallest absolute Gasteiger partial charge is 0.296 e. The van der Waals surface area contributed by atoms with Crippen LogP contribution in [0.4, 0.5) is 0 Å². The molecule has 0 saturated carbocycles. The van der Waals surface area contributed by atoms with Gasteiger partial charge in [-0.05, 0) is 19.1 Å². The van der Waals surface area contributed by atoms with E-state index in [-0.39, 0.29) is 11.5 Å². The van der Waals surface area contributed by atoms with E-state index in [9.17, 15) is 8.42 Å². The molecule has 0 aliphatic rings. The zero-order valence-electron chi connectivity index (χ0n) is 11.5. The first-order valence-corrected chi connectivity index (χ1v) is 7.38. The fraction of sp³-hybridized carbons (Fsp3) is 0.538. The summed E-state index contributed by atoms with van der Waals surface area (Å²) in [6.07, 6.45) is 0.717. The summed E-state index contributed by atoms with van der Waals surface area (Å²) in [6, 6.07) is 6.68. The second-order valence-electron chi connectivity index (χ2n) is 5.46. The molecule has 1 aromatic rings. The van der Waals surface area contributed by atoms with Crippen molar-refractivity contribution >= 4 is 10.1 Å². The van der Waals surface area contributed by atoms with E-state index in [1.165, 1.54) is 0 Å². The van der Waals surface area contributed by atoms with Crippen molar-refractivity contribution in [1.29, 1.82) is 0 Å². The monoisotopic (exact) mass is 272 g/mol. The molecule has 0 fully saturated rings. The number of benzene rings is 1. The quantitative estimate of drug-likeness (QED) is 0.450. The number of quaternary nitrogens is 1. The molecule has 0 saturated heterocycles. The molecule has 0 amide bonds. The number of nitrogens with zero attached hydrogens (tertiary/aromatic N) is 1. The molecule has 1 aromatic carbocycles. The van der Waals surface area contributed by atoms with E-state index >= 15 is 0 Å². The van der Waals surface area contributed by atoms with Crippen LogP contribution in [0.15, 0.2) is 29.2 Å². The molecule has 0 spiro atoms. The van der Waals surface area contributed by atoms with Crippen molar-refractivity contribution in [2.75, 3.05) is 34.3 Å². The van der Waals surface area contributed by atoms with Crippen molar-refractivity contribution in [2.24, 2.45) is 0 Å². The minimum Gasteiger partial charge on any atom is -0.331 e. The van der Waals surface area contributed by atoms with Crippen LogP contribution in [-0.2, 0) is 14.3 Å². The van der Waals surface area contributed by atoms with Crippen molar-refractivity contribution in [2.45, 2.75) is 18.2 Å². The summed E-state index contributed by atoms with van der Waals surface area (Å²) in [5, 5.41) is 0. The lowest BCUT2D eigenvalue weighted by atomic mass is 10.2. The van der Waals surface area contributed by atoms with Gasteiger partial charge in [-0.3, -0.25) is 4.18 Å². The van der Waals surface area contributed by atoms with Gasteiger partial charge in [-0.1, -0.05) is 17.7 Å². The molecule has 18 heavy (non-hydrogen) atoms. The molecular formula is C13H22NO3S+. The van der Waals surface area contributed by atoms with Crippen LogP contribution in [0.1, 0.15) is 12.0 Å². The van der Waals surface area contributed by atoms with E-state index in [1.807, 2.05) is 6.92 Å². The predicted molar refractivity (Wildman–Crippen MR) is 71.8 cm³/mol. The highest BCUT2D eigenvalue weighted by molar-refractivity contribution is 7.86. The maximum atomic E-state index is 11.8. The Kier molecular flexibility index (Phi) is 4.90. The SMILES string of the molecule is Cc1ccc(S(=O)(=O)OCCC[N+](C)(C)C)cc1. The molecule has 0 aliphatic carbocycles. The van der Waals surface area contributed by atoms with E-state index in [1.54, 1.807) is 24.3 Å². The molecule has 5 heteroatoms. The van der Waals surface area contributed by atoms with Gasteiger partial charge in [0.2, 0.25) is 0 Å². The van der Waals surface area contributed by atoms with E-state index in [0.29, 0.717) is 6.42 Å². The van der Waals surface area contributed by atoms with E-state index in [2.05, 4.69) is 21.1 Å². The second kappa shape index (κ2) is 5.82. The van der Waals surface area contributed by atoms with E-state index < -0.39 is 10.1 Å². The van der Waals surface area contributed by atoms with Gasteiger partial charge in [0, 0.05) is 6.42 Å². The van der Waals surface area contributed by atoms with Gasteiger partial charge in [0.1, 0.15) is 0 Å². The van der Waals surface area contributed by atoms with Crippen molar-refractivity contribution in [3.8, 4) is 0 Å². The summed E-state index contributed by atoms with van der Waals surface area (Å²) in [7, 11) is 2.59. The van der Waals surface area contributed by atoms with Crippen LogP contribution in [0.5, 0.6) is 0 Å². The summed E-state index contributed by atoms with van der Waals surface area (Å²) in [5.41, 5.74) is 1.03. The topological polar surface area (TPSA) is 43.4 Å². The Bertz CT molecular complexity index is 472. The first-order chi connectivity index (χ1) is 8.21. The van der Waals surface area contributed by atoms with Crippen molar-refractivity contribution in [1.82, 2.24) is 0 Å². The van der Waals surface area contributed by atoms with Gasteiger partial charge in [-0.2, -0.15) is 8.42 Å². The second-order valence-corrected chi connectivity index (χ2v) is 7.07. The minimum absolute atomic E-state index is 0.221. The van der Waals surface area contributed by atoms with Crippen LogP contribution in [-0.4, -0.2) is 47.2 Å². The van der Waals surface area contributed by atoms with Crippen LogP contribution in [0.2, 0.25) is 0 Å². The van der Waals surface area contributed by atoms with E-state index in [4.69, 9.17) is 4.18 Å². The average molecular weight is 272 g/mol. The molecule has 0 N–H and O–H groups in total.